The zero-order valence-electron chi connectivity index (χ0n) is 12.7. The van der Waals surface area contributed by atoms with Crippen molar-refractivity contribution in [2.75, 3.05) is 7.11 Å². The van der Waals surface area contributed by atoms with Crippen LogP contribution in [0.25, 0.3) is 11.6 Å². The van der Waals surface area contributed by atoms with E-state index in [0.29, 0.717) is 0 Å². The molecule has 2 aromatic heterocycles. The lowest BCUT2D eigenvalue weighted by Gasteiger charge is -2.09. The molecule has 0 saturated carbocycles. The predicted octanol–water partition coefficient (Wildman–Crippen LogP) is 3.68. The number of methoxy groups -OCH3 is 1. The first-order valence-electron chi connectivity index (χ1n) is 6.88. The van der Waals surface area contributed by atoms with Crippen molar-refractivity contribution < 1.29 is 9.15 Å². The Morgan fingerprint density at radius 3 is 2.86 bits per heavy atom. The van der Waals surface area contributed by atoms with E-state index in [1.165, 1.54) is 5.56 Å². The number of ether oxygens (including phenoxy) is 1. The second-order valence-corrected chi connectivity index (χ2v) is 5.89. The molecule has 2 heterocycles. The van der Waals surface area contributed by atoms with Crippen molar-refractivity contribution in [2.24, 2.45) is 7.05 Å². The third kappa shape index (κ3) is 2.87. The standard InChI is InChI=1S/C16H17N3O2S/c1-11-6-7-13(20-3)12(9-11)10-22-16-18-17-15(19(16)2)14-5-4-8-21-14/h4-9H,10H2,1-3H3. The highest BCUT2D eigenvalue weighted by Gasteiger charge is 2.14. The van der Waals surface area contributed by atoms with Crippen molar-refractivity contribution >= 4 is 11.8 Å². The molecular formula is C16H17N3O2S. The van der Waals surface area contributed by atoms with E-state index in [1.54, 1.807) is 25.1 Å². The molecule has 3 rings (SSSR count). The zero-order valence-corrected chi connectivity index (χ0v) is 13.6. The minimum Gasteiger partial charge on any atom is -0.496 e. The number of hydrogen-bond donors (Lipinski definition) is 0. The quantitative estimate of drug-likeness (QED) is 0.672. The lowest BCUT2D eigenvalue weighted by molar-refractivity contribution is 0.411. The van der Waals surface area contributed by atoms with Crippen molar-refractivity contribution in [3.8, 4) is 17.3 Å². The Hall–Kier alpha value is -2.21. The largest absolute Gasteiger partial charge is 0.496 e. The summed E-state index contributed by atoms with van der Waals surface area (Å²) in [6, 6.07) is 9.90. The number of hydrogen-bond acceptors (Lipinski definition) is 5. The van der Waals surface area contributed by atoms with Crippen molar-refractivity contribution in [1.82, 2.24) is 14.8 Å². The summed E-state index contributed by atoms with van der Waals surface area (Å²) in [6.45, 7) is 2.07. The van der Waals surface area contributed by atoms with E-state index in [-0.39, 0.29) is 0 Å². The van der Waals surface area contributed by atoms with Gasteiger partial charge in [-0.05, 0) is 25.1 Å². The van der Waals surface area contributed by atoms with Gasteiger partial charge >= 0.3 is 0 Å². The van der Waals surface area contributed by atoms with Crippen LogP contribution < -0.4 is 4.74 Å². The smallest absolute Gasteiger partial charge is 0.200 e. The Balaban J connectivity index is 1.79. The van der Waals surface area contributed by atoms with E-state index < -0.39 is 0 Å². The number of rotatable bonds is 5. The second-order valence-electron chi connectivity index (χ2n) is 4.95. The summed E-state index contributed by atoms with van der Waals surface area (Å²) in [5.41, 5.74) is 2.36. The van der Waals surface area contributed by atoms with Gasteiger partial charge in [0.05, 0.1) is 13.4 Å². The van der Waals surface area contributed by atoms with Crippen LogP contribution in [0.3, 0.4) is 0 Å². The molecule has 0 spiro atoms. The summed E-state index contributed by atoms with van der Waals surface area (Å²) in [5, 5.41) is 9.28. The highest BCUT2D eigenvalue weighted by Crippen LogP contribution is 2.29. The van der Waals surface area contributed by atoms with Crippen LogP contribution in [-0.4, -0.2) is 21.9 Å². The van der Waals surface area contributed by atoms with E-state index in [2.05, 4.69) is 23.2 Å². The van der Waals surface area contributed by atoms with Gasteiger partial charge in [-0.1, -0.05) is 29.5 Å². The number of aromatic nitrogens is 3. The summed E-state index contributed by atoms with van der Waals surface area (Å²) in [4.78, 5) is 0. The molecule has 0 bridgehead atoms. The molecule has 0 amide bonds. The lowest BCUT2D eigenvalue weighted by Crippen LogP contribution is -1.95. The maximum Gasteiger partial charge on any atom is 0.200 e. The zero-order chi connectivity index (χ0) is 15.5. The van der Waals surface area contributed by atoms with Crippen LogP contribution in [0.1, 0.15) is 11.1 Å². The first-order chi connectivity index (χ1) is 10.7. The summed E-state index contributed by atoms with van der Waals surface area (Å²) in [7, 11) is 3.63. The number of thioether (sulfide) groups is 1. The summed E-state index contributed by atoms with van der Waals surface area (Å²) in [6.07, 6.45) is 1.63. The number of nitrogens with zero attached hydrogens (tertiary/aromatic N) is 3. The molecule has 0 aliphatic rings. The molecular weight excluding hydrogens is 298 g/mol. The van der Waals surface area contributed by atoms with Crippen molar-refractivity contribution in [1.29, 1.82) is 0 Å². The molecule has 0 aliphatic heterocycles. The fraction of sp³-hybridized carbons (Fsp3) is 0.250. The van der Waals surface area contributed by atoms with Gasteiger partial charge in [0.25, 0.3) is 0 Å². The minimum atomic E-state index is 0.718. The Labute approximate surface area is 133 Å². The van der Waals surface area contributed by atoms with Crippen LogP contribution in [0.2, 0.25) is 0 Å². The van der Waals surface area contributed by atoms with Crippen molar-refractivity contribution in [3.63, 3.8) is 0 Å². The number of furan rings is 1. The third-order valence-electron chi connectivity index (χ3n) is 3.37. The summed E-state index contributed by atoms with van der Waals surface area (Å²) >= 11 is 1.62. The van der Waals surface area contributed by atoms with E-state index in [4.69, 9.17) is 9.15 Å². The van der Waals surface area contributed by atoms with E-state index in [1.807, 2.05) is 35.9 Å². The van der Waals surface area contributed by atoms with Crippen LogP contribution in [-0.2, 0) is 12.8 Å². The molecule has 0 radical (unpaired) electrons. The van der Waals surface area contributed by atoms with Gasteiger partial charge in [-0.3, -0.25) is 0 Å². The molecule has 6 heteroatoms. The van der Waals surface area contributed by atoms with Gasteiger partial charge in [0.1, 0.15) is 5.75 Å². The van der Waals surface area contributed by atoms with Gasteiger partial charge in [-0.2, -0.15) is 0 Å². The first-order valence-corrected chi connectivity index (χ1v) is 7.87. The lowest BCUT2D eigenvalue weighted by atomic mass is 10.1. The molecule has 0 atom stereocenters. The summed E-state index contributed by atoms with van der Waals surface area (Å²) in [5.74, 6) is 3.11. The van der Waals surface area contributed by atoms with Crippen LogP contribution in [0.4, 0.5) is 0 Å². The average molecular weight is 315 g/mol. The topological polar surface area (TPSA) is 53.1 Å². The van der Waals surface area contributed by atoms with E-state index >= 15 is 0 Å². The fourth-order valence-corrected chi connectivity index (χ4v) is 3.11. The predicted molar refractivity (Wildman–Crippen MR) is 86.0 cm³/mol. The Kier molecular flexibility index (Phi) is 4.20. The van der Waals surface area contributed by atoms with Crippen LogP contribution in [0.5, 0.6) is 5.75 Å². The molecule has 1 aromatic carbocycles. The molecule has 0 unspecified atom stereocenters. The average Bonchev–Trinajstić information content (AvgIpc) is 3.15. The molecule has 0 N–H and O–H groups in total. The fourth-order valence-electron chi connectivity index (χ4n) is 2.22. The van der Waals surface area contributed by atoms with Gasteiger partial charge in [0, 0.05) is 18.4 Å². The molecule has 5 nitrogen and oxygen atoms in total. The van der Waals surface area contributed by atoms with Crippen LogP contribution in [0.15, 0.2) is 46.2 Å². The molecule has 114 valence electrons. The van der Waals surface area contributed by atoms with Gasteiger partial charge in [0.2, 0.25) is 0 Å². The highest BCUT2D eigenvalue weighted by molar-refractivity contribution is 7.98. The Morgan fingerprint density at radius 1 is 1.27 bits per heavy atom. The molecule has 3 aromatic rings. The van der Waals surface area contributed by atoms with E-state index in [9.17, 15) is 0 Å². The Bertz CT molecular complexity index is 766. The van der Waals surface area contributed by atoms with Crippen molar-refractivity contribution in [3.05, 3.63) is 47.7 Å². The number of benzene rings is 1. The second kappa shape index (κ2) is 6.27. The number of aryl methyl sites for hydroxylation is 1. The van der Waals surface area contributed by atoms with Crippen LogP contribution in [0, 0.1) is 6.92 Å². The molecule has 0 fully saturated rings. The highest BCUT2D eigenvalue weighted by atomic mass is 32.2. The van der Waals surface area contributed by atoms with Gasteiger partial charge in [-0.25, -0.2) is 0 Å². The van der Waals surface area contributed by atoms with Gasteiger partial charge in [-0.15, -0.1) is 10.2 Å². The monoisotopic (exact) mass is 315 g/mol. The minimum absolute atomic E-state index is 0.718. The summed E-state index contributed by atoms with van der Waals surface area (Å²) < 4.78 is 12.7. The van der Waals surface area contributed by atoms with Crippen LogP contribution >= 0.6 is 11.8 Å². The Morgan fingerprint density at radius 2 is 2.14 bits per heavy atom. The van der Waals surface area contributed by atoms with E-state index in [0.717, 1.165) is 33.8 Å². The SMILES string of the molecule is COc1ccc(C)cc1CSc1nnc(-c2ccco2)n1C. The van der Waals surface area contributed by atoms with Gasteiger partial charge in [0.15, 0.2) is 16.7 Å². The molecule has 0 saturated heterocycles. The third-order valence-corrected chi connectivity index (χ3v) is 4.44. The normalized spacial score (nSPS) is 10.9. The maximum atomic E-state index is 5.41. The maximum absolute atomic E-state index is 5.41. The molecule has 0 aliphatic carbocycles. The first kappa shape index (κ1) is 14.7. The van der Waals surface area contributed by atoms with Gasteiger partial charge < -0.3 is 13.7 Å². The molecule has 22 heavy (non-hydrogen) atoms. The van der Waals surface area contributed by atoms with Crippen molar-refractivity contribution in [2.45, 2.75) is 17.8 Å².